The predicted octanol–water partition coefficient (Wildman–Crippen LogP) is 2.97. The van der Waals surface area contributed by atoms with Gasteiger partial charge in [-0.1, -0.05) is 0 Å². The number of halogens is 1. The second-order valence-corrected chi connectivity index (χ2v) is 6.18. The molecule has 1 atom stereocenters. The number of ether oxygens (including phenoxy) is 1. The summed E-state index contributed by atoms with van der Waals surface area (Å²) in [6.07, 6.45) is 3.65. The Morgan fingerprint density at radius 1 is 1.31 bits per heavy atom. The summed E-state index contributed by atoms with van der Waals surface area (Å²) in [5.74, 6) is 0.0674. The number of amides is 1. The number of nitrogens with one attached hydrogen (secondary N) is 1. The highest BCUT2D eigenvalue weighted by Crippen LogP contribution is 2.32. The van der Waals surface area contributed by atoms with E-state index in [1.165, 1.54) is 18.5 Å². The summed E-state index contributed by atoms with van der Waals surface area (Å²) in [5.41, 5.74) is 2.89. The molecule has 7 heteroatoms. The summed E-state index contributed by atoms with van der Waals surface area (Å²) in [4.78, 5) is 16.7. The highest BCUT2D eigenvalue weighted by atomic mass is 19.1. The number of rotatable bonds is 3. The monoisotopic (exact) mass is 352 g/mol. The van der Waals surface area contributed by atoms with Crippen molar-refractivity contribution in [1.29, 1.82) is 0 Å². The summed E-state index contributed by atoms with van der Waals surface area (Å²) >= 11 is 0. The topological polar surface area (TPSA) is 69.0 Å². The Kier molecular flexibility index (Phi) is 4.12. The van der Waals surface area contributed by atoms with Crippen molar-refractivity contribution < 1.29 is 13.9 Å². The Labute approximate surface area is 149 Å². The number of benzene rings is 2. The molecule has 2 heterocycles. The van der Waals surface area contributed by atoms with Gasteiger partial charge in [-0.2, -0.15) is 5.10 Å². The molecule has 132 valence electrons. The third-order valence-electron chi connectivity index (χ3n) is 4.45. The van der Waals surface area contributed by atoms with Gasteiger partial charge in [-0.25, -0.2) is 14.1 Å². The van der Waals surface area contributed by atoms with Crippen molar-refractivity contribution in [2.75, 3.05) is 6.61 Å². The van der Waals surface area contributed by atoms with E-state index < -0.39 is 0 Å². The lowest BCUT2D eigenvalue weighted by molar-refractivity contribution is 0.0924. The quantitative estimate of drug-likeness (QED) is 0.787. The first-order valence-corrected chi connectivity index (χ1v) is 8.30. The van der Waals surface area contributed by atoms with Crippen LogP contribution in [-0.4, -0.2) is 27.3 Å². The molecule has 1 N–H and O–H groups in total. The average molecular weight is 352 g/mol. The first-order valence-electron chi connectivity index (χ1n) is 8.30. The van der Waals surface area contributed by atoms with Crippen LogP contribution in [0.25, 0.3) is 5.69 Å². The third-order valence-corrected chi connectivity index (χ3v) is 4.45. The predicted molar refractivity (Wildman–Crippen MR) is 92.8 cm³/mol. The van der Waals surface area contributed by atoms with Gasteiger partial charge >= 0.3 is 0 Å². The van der Waals surface area contributed by atoms with Gasteiger partial charge in [-0.3, -0.25) is 4.79 Å². The number of aryl methyl sites for hydroxylation is 1. The van der Waals surface area contributed by atoms with Crippen molar-refractivity contribution in [2.45, 2.75) is 19.4 Å². The average Bonchev–Trinajstić information content (AvgIpc) is 3.16. The van der Waals surface area contributed by atoms with Crippen LogP contribution in [0.4, 0.5) is 4.39 Å². The lowest BCUT2D eigenvalue weighted by atomic mass is 9.99. The Balaban J connectivity index is 1.57. The standard InChI is InChI=1S/C19H17FN4O2/c1-12-8-14(24-11-21-10-22-24)3-4-15(12)19(25)23-17-6-7-26-18-5-2-13(20)9-16(17)18/h2-5,8-11,17H,6-7H2,1H3,(H,23,25). The minimum absolute atomic E-state index is 0.199. The molecular weight excluding hydrogens is 335 g/mol. The van der Waals surface area contributed by atoms with Crippen molar-refractivity contribution >= 4 is 5.91 Å². The van der Waals surface area contributed by atoms with Crippen LogP contribution >= 0.6 is 0 Å². The van der Waals surface area contributed by atoms with Gasteiger partial charge in [-0.15, -0.1) is 0 Å². The fourth-order valence-corrected chi connectivity index (χ4v) is 3.14. The zero-order valence-electron chi connectivity index (χ0n) is 14.1. The Morgan fingerprint density at radius 3 is 2.96 bits per heavy atom. The van der Waals surface area contributed by atoms with Gasteiger partial charge in [0, 0.05) is 17.5 Å². The molecule has 0 fully saturated rings. The largest absolute Gasteiger partial charge is 0.493 e. The first-order chi connectivity index (χ1) is 12.6. The molecule has 0 radical (unpaired) electrons. The molecule has 0 bridgehead atoms. The van der Waals surface area contributed by atoms with Gasteiger partial charge in [0.2, 0.25) is 0 Å². The number of carbonyl (C=O) groups is 1. The summed E-state index contributed by atoms with van der Waals surface area (Å²) < 4.78 is 20.8. The number of fused-ring (bicyclic) bond motifs is 1. The zero-order chi connectivity index (χ0) is 18.1. The van der Waals surface area contributed by atoms with Gasteiger partial charge in [0.15, 0.2) is 0 Å². The number of aromatic nitrogens is 3. The molecule has 0 aliphatic carbocycles. The minimum atomic E-state index is -0.345. The lowest BCUT2D eigenvalue weighted by Crippen LogP contribution is -2.32. The van der Waals surface area contributed by atoms with Gasteiger partial charge < -0.3 is 10.1 Å². The van der Waals surface area contributed by atoms with Crippen LogP contribution in [0.5, 0.6) is 5.75 Å². The van der Waals surface area contributed by atoms with Crippen molar-refractivity contribution in [3.05, 3.63) is 71.6 Å². The molecular formula is C19H17FN4O2. The maximum atomic E-state index is 13.6. The smallest absolute Gasteiger partial charge is 0.252 e. The highest BCUT2D eigenvalue weighted by molar-refractivity contribution is 5.96. The van der Waals surface area contributed by atoms with E-state index in [1.54, 1.807) is 23.1 Å². The van der Waals surface area contributed by atoms with Crippen LogP contribution in [-0.2, 0) is 0 Å². The molecule has 2 aromatic carbocycles. The summed E-state index contributed by atoms with van der Waals surface area (Å²) in [6.45, 7) is 2.35. The molecule has 6 nitrogen and oxygen atoms in total. The van der Waals surface area contributed by atoms with E-state index >= 15 is 0 Å². The molecule has 0 saturated heterocycles. The fourth-order valence-electron chi connectivity index (χ4n) is 3.14. The van der Waals surface area contributed by atoms with Gasteiger partial charge in [0.25, 0.3) is 5.91 Å². The van der Waals surface area contributed by atoms with E-state index in [1.807, 2.05) is 19.1 Å². The highest BCUT2D eigenvalue weighted by Gasteiger charge is 2.24. The van der Waals surface area contributed by atoms with Crippen LogP contribution in [0, 0.1) is 12.7 Å². The molecule has 1 amide bonds. The summed E-state index contributed by atoms with van der Waals surface area (Å²) in [7, 11) is 0. The third kappa shape index (κ3) is 3.03. The summed E-state index contributed by atoms with van der Waals surface area (Å²) in [6, 6.07) is 9.54. The molecule has 3 aromatic rings. The number of hydrogen-bond acceptors (Lipinski definition) is 4. The molecule has 4 rings (SSSR count). The van der Waals surface area contributed by atoms with Crippen LogP contribution < -0.4 is 10.1 Å². The minimum Gasteiger partial charge on any atom is -0.493 e. The second-order valence-electron chi connectivity index (χ2n) is 6.18. The van der Waals surface area contributed by atoms with E-state index in [2.05, 4.69) is 15.4 Å². The first kappa shape index (κ1) is 16.3. The maximum absolute atomic E-state index is 13.6. The van der Waals surface area contributed by atoms with E-state index in [-0.39, 0.29) is 17.8 Å². The van der Waals surface area contributed by atoms with Crippen molar-refractivity contribution in [2.24, 2.45) is 0 Å². The van der Waals surface area contributed by atoms with Crippen LogP contribution in [0.1, 0.15) is 33.9 Å². The molecule has 0 saturated carbocycles. The summed E-state index contributed by atoms with van der Waals surface area (Å²) in [5, 5.41) is 7.08. The molecule has 0 spiro atoms. The molecule has 1 unspecified atom stereocenters. The Hall–Kier alpha value is -3.22. The maximum Gasteiger partial charge on any atom is 0.252 e. The molecule has 26 heavy (non-hydrogen) atoms. The molecule has 1 aliphatic rings. The van der Waals surface area contributed by atoms with Crippen LogP contribution in [0.2, 0.25) is 0 Å². The van der Waals surface area contributed by atoms with Gasteiger partial charge in [0.1, 0.15) is 24.2 Å². The lowest BCUT2D eigenvalue weighted by Gasteiger charge is -2.27. The van der Waals surface area contributed by atoms with Crippen molar-refractivity contribution in [1.82, 2.24) is 20.1 Å². The number of hydrogen-bond donors (Lipinski definition) is 1. The Bertz CT molecular complexity index is 956. The van der Waals surface area contributed by atoms with Crippen molar-refractivity contribution in [3.63, 3.8) is 0 Å². The number of carbonyl (C=O) groups excluding carboxylic acids is 1. The van der Waals surface area contributed by atoms with E-state index in [0.717, 1.165) is 11.3 Å². The molecule has 1 aromatic heterocycles. The SMILES string of the molecule is Cc1cc(-n2cncn2)ccc1C(=O)NC1CCOc2ccc(F)cc21. The Morgan fingerprint density at radius 2 is 2.19 bits per heavy atom. The molecule has 1 aliphatic heterocycles. The van der Waals surface area contributed by atoms with Crippen LogP contribution in [0.15, 0.2) is 49.1 Å². The van der Waals surface area contributed by atoms with Gasteiger partial charge in [0.05, 0.1) is 18.3 Å². The fraction of sp³-hybridized carbons (Fsp3) is 0.211. The van der Waals surface area contributed by atoms with Crippen LogP contribution in [0.3, 0.4) is 0 Å². The van der Waals surface area contributed by atoms with E-state index in [4.69, 9.17) is 4.74 Å². The normalized spacial score (nSPS) is 15.8. The number of nitrogens with zero attached hydrogens (tertiary/aromatic N) is 3. The van der Waals surface area contributed by atoms with E-state index in [9.17, 15) is 9.18 Å². The zero-order valence-corrected chi connectivity index (χ0v) is 14.1. The van der Waals surface area contributed by atoms with Crippen molar-refractivity contribution in [3.8, 4) is 11.4 Å². The van der Waals surface area contributed by atoms with Gasteiger partial charge in [-0.05, 0) is 48.9 Å². The second kappa shape index (κ2) is 6.59. The van der Waals surface area contributed by atoms with E-state index in [0.29, 0.717) is 29.9 Å².